The highest BCUT2D eigenvalue weighted by atomic mass is 35.5. The molecule has 0 heterocycles. The van der Waals surface area contributed by atoms with E-state index in [4.69, 9.17) is 28.9 Å². The van der Waals surface area contributed by atoms with E-state index in [9.17, 15) is 13.6 Å². The summed E-state index contributed by atoms with van der Waals surface area (Å²) in [5, 5.41) is 2.64. The van der Waals surface area contributed by atoms with Gasteiger partial charge in [0.2, 0.25) is 0 Å². The smallest absolute Gasteiger partial charge is 0.387 e. The number of anilines is 1. The van der Waals surface area contributed by atoms with Gasteiger partial charge in [-0.15, -0.1) is 0 Å². The Balaban J connectivity index is 2.52. The summed E-state index contributed by atoms with van der Waals surface area (Å²) in [5.41, 5.74) is 5.93. The van der Waals surface area contributed by atoms with E-state index in [1.807, 2.05) is 0 Å². The van der Waals surface area contributed by atoms with Gasteiger partial charge < -0.3 is 15.8 Å². The maximum Gasteiger partial charge on any atom is 0.387 e. The minimum absolute atomic E-state index is 0.0584. The molecule has 0 aromatic heterocycles. The molecule has 0 radical (unpaired) electrons. The van der Waals surface area contributed by atoms with Gasteiger partial charge in [0.25, 0.3) is 0 Å². The lowest BCUT2D eigenvalue weighted by Gasteiger charge is -2.14. The molecule has 0 aliphatic carbocycles. The average molecular weight is 347 g/mol. The lowest BCUT2D eigenvalue weighted by atomic mass is 10.0. The Kier molecular flexibility index (Phi) is 5.05. The van der Waals surface area contributed by atoms with Crippen LogP contribution in [-0.2, 0) is 0 Å². The number of nitrogens with two attached hydrogens (primary N) is 1. The lowest BCUT2D eigenvalue weighted by Crippen LogP contribution is -2.19. The molecule has 0 saturated carbocycles. The van der Waals surface area contributed by atoms with Crippen molar-refractivity contribution in [3.8, 4) is 16.9 Å². The van der Waals surface area contributed by atoms with Gasteiger partial charge in [0.1, 0.15) is 5.75 Å². The van der Waals surface area contributed by atoms with Crippen LogP contribution < -0.4 is 15.8 Å². The Morgan fingerprint density at radius 2 is 1.77 bits per heavy atom. The summed E-state index contributed by atoms with van der Waals surface area (Å²) in [6, 6.07) is 8.15. The number of benzene rings is 2. The molecule has 3 N–H and O–H groups in total. The summed E-state index contributed by atoms with van der Waals surface area (Å²) in [6.45, 7) is -2.98. The topological polar surface area (TPSA) is 64.4 Å². The number of carbonyl (C=O) groups is 1. The van der Waals surface area contributed by atoms with Crippen LogP contribution in [0.1, 0.15) is 0 Å². The molecule has 116 valence electrons. The van der Waals surface area contributed by atoms with Crippen LogP contribution in [0.15, 0.2) is 36.4 Å². The van der Waals surface area contributed by atoms with Crippen molar-refractivity contribution in [2.45, 2.75) is 6.61 Å². The van der Waals surface area contributed by atoms with E-state index in [1.54, 1.807) is 18.2 Å². The number of amides is 2. The lowest BCUT2D eigenvalue weighted by molar-refractivity contribution is -0.0494. The number of nitrogens with one attached hydrogen (secondary N) is 1. The second kappa shape index (κ2) is 6.81. The van der Waals surface area contributed by atoms with Crippen LogP contribution >= 0.6 is 23.2 Å². The number of carbonyl (C=O) groups excluding carboxylic acids is 1. The standard InChI is InChI=1S/C14H10Cl2F2N2O2/c15-9-5-7(20-14(19)21)6-10(16)12(9)8-3-1-2-4-11(8)22-13(17)18/h1-6,13H,(H3,19,20,21). The van der Waals surface area contributed by atoms with E-state index in [2.05, 4.69) is 10.1 Å². The number of hydrogen-bond donors (Lipinski definition) is 2. The maximum absolute atomic E-state index is 12.5. The first-order valence-electron chi connectivity index (χ1n) is 5.98. The second-order valence-corrected chi connectivity index (χ2v) is 4.99. The minimum atomic E-state index is -2.98. The molecule has 0 saturated heterocycles. The number of alkyl halides is 2. The Morgan fingerprint density at radius 3 is 2.32 bits per heavy atom. The highest BCUT2D eigenvalue weighted by Gasteiger charge is 2.17. The molecule has 2 amide bonds. The summed E-state index contributed by atoms with van der Waals surface area (Å²) < 4.78 is 29.4. The van der Waals surface area contributed by atoms with Crippen LogP contribution in [0.4, 0.5) is 19.3 Å². The summed E-state index contributed by atoms with van der Waals surface area (Å²) in [6.07, 6.45) is 0. The van der Waals surface area contributed by atoms with Crippen LogP contribution in [0.25, 0.3) is 11.1 Å². The Hall–Kier alpha value is -2.05. The van der Waals surface area contributed by atoms with Gasteiger partial charge >= 0.3 is 12.6 Å². The molecule has 0 bridgehead atoms. The van der Waals surface area contributed by atoms with Crippen molar-refractivity contribution < 1.29 is 18.3 Å². The Morgan fingerprint density at radius 1 is 1.18 bits per heavy atom. The fourth-order valence-electron chi connectivity index (χ4n) is 1.92. The average Bonchev–Trinajstić information content (AvgIpc) is 2.38. The van der Waals surface area contributed by atoms with E-state index in [0.717, 1.165) is 0 Å². The molecule has 8 heteroatoms. The van der Waals surface area contributed by atoms with Crippen molar-refractivity contribution in [2.24, 2.45) is 5.73 Å². The minimum Gasteiger partial charge on any atom is -0.434 e. The first kappa shape index (κ1) is 16.3. The summed E-state index contributed by atoms with van der Waals surface area (Å²) in [5.74, 6) is -0.0584. The van der Waals surface area contributed by atoms with Gasteiger partial charge in [-0.2, -0.15) is 8.78 Å². The van der Waals surface area contributed by atoms with Crippen LogP contribution in [-0.4, -0.2) is 12.6 Å². The first-order valence-corrected chi connectivity index (χ1v) is 6.74. The molecule has 0 fully saturated rings. The van der Waals surface area contributed by atoms with Crippen LogP contribution in [0, 0.1) is 0 Å². The fraction of sp³-hybridized carbons (Fsp3) is 0.0714. The quantitative estimate of drug-likeness (QED) is 0.838. The summed E-state index contributed by atoms with van der Waals surface area (Å²) >= 11 is 12.3. The molecule has 0 aliphatic heterocycles. The predicted octanol–water partition coefficient (Wildman–Crippen LogP) is 4.75. The maximum atomic E-state index is 12.5. The summed E-state index contributed by atoms with van der Waals surface area (Å²) in [7, 11) is 0. The van der Waals surface area contributed by atoms with Crippen molar-refractivity contribution >= 4 is 34.9 Å². The zero-order valence-corrected chi connectivity index (χ0v) is 12.5. The molecular formula is C14H10Cl2F2N2O2. The van der Waals surface area contributed by atoms with Crippen molar-refractivity contribution in [2.75, 3.05) is 5.32 Å². The van der Waals surface area contributed by atoms with E-state index < -0.39 is 12.6 Å². The molecule has 22 heavy (non-hydrogen) atoms. The molecule has 0 atom stereocenters. The van der Waals surface area contributed by atoms with Gasteiger partial charge in [-0.3, -0.25) is 0 Å². The number of hydrogen-bond acceptors (Lipinski definition) is 2. The van der Waals surface area contributed by atoms with Gasteiger partial charge in [-0.25, -0.2) is 4.79 Å². The highest BCUT2D eigenvalue weighted by Crippen LogP contribution is 2.41. The van der Waals surface area contributed by atoms with Gasteiger partial charge in [-0.1, -0.05) is 41.4 Å². The zero-order valence-electron chi connectivity index (χ0n) is 10.9. The third kappa shape index (κ3) is 3.78. The van der Waals surface area contributed by atoms with Crippen molar-refractivity contribution in [3.05, 3.63) is 46.4 Å². The Bertz CT molecular complexity index is 688. The predicted molar refractivity (Wildman–Crippen MR) is 81.7 cm³/mol. The Labute approximate surface area is 134 Å². The van der Waals surface area contributed by atoms with E-state index in [-0.39, 0.29) is 15.8 Å². The molecule has 0 spiro atoms. The molecule has 2 aromatic carbocycles. The number of halogens is 4. The third-order valence-corrected chi connectivity index (χ3v) is 3.28. The van der Waals surface area contributed by atoms with E-state index >= 15 is 0 Å². The fourth-order valence-corrected chi connectivity index (χ4v) is 2.61. The van der Waals surface area contributed by atoms with Crippen LogP contribution in [0.5, 0.6) is 5.75 Å². The van der Waals surface area contributed by atoms with Gasteiger partial charge in [0, 0.05) is 16.8 Å². The number of para-hydroxylation sites is 1. The van der Waals surface area contributed by atoms with E-state index in [1.165, 1.54) is 18.2 Å². The van der Waals surface area contributed by atoms with Crippen molar-refractivity contribution in [3.63, 3.8) is 0 Å². The number of primary amides is 1. The monoisotopic (exact) mass is 346 g/mol. The van der Waals surface area contributed by atoms with Gasteiger partial charge in [-0.05, 0) is 18.2 Å². The molecule has 4 nitrogen and oxygen atoms in total. The van der Waals surface area contributed by atoms with Gasteiger partial charge in [0.05, 0.1) is 10.0 Å². The third-order valence-electron chi connectivity index (χ3n) is 2.68. The molecule has 2 aromatic rings. The van der Waals surface area contributed by atoms with Crippen molar-refractivity contribution in [1.82, 2.24) is 0 Å². The highest BCUT2D eigenvalue weighted by molar-refractivity contribution is 6.39. The largest absolute Gasteiger partial charge is 0.434 e. The van der Waals surface area contributed by atoms with Crippen molar-refractivity contribution in [1.29, 1.82) is 0 Å². The molecule has 0 unspecified atom stereocenters. The van der Waals surface area contributed by atoms with E-state index in [0.29, 0.717) is 16.8 Å². The second-order valence-electron chi connectivity index (χ2n) is 4.18. The molecular weight excluding hydrogens is 337 g/mol. The number of urea groups is 1. The molecule has 0 aliphatic rings. The number of rotatable bonds is 4. The zero-order chi connectivity index (χ0) is 16.3. The SMILES string of the molecule is NC(=O)Nc1cc(Cl)c(-c2ccccc2OC(F)F)c(Cl)c1. The normalized spacial score (nSPS) is 10.6. The first-order chi connectivity index (χ1) is 10.4. The van der Waals surface area contributed by atoms with Crippen LogP contribution in [0.3, 0.4) is 0 Å². The van der Waals surface area contributed by atoms with Crippen LogP contribution in [0.2, 0.25) is 10.0 Å². The molecule has 2 rings (SSSR count). The van der Waals surface area contributed by atoms with Gasteiger partial charge in [0.15, 0.2) is 0 Å². The number of ether oxygens (including phenoxy) is 1. The summed E-state index contributed by atoms with van der Waals surface area (Å²) in [4.78, 5) is 10.8.